The van der Waals surface area contributed by atoms with Gasteiger partial charge in [-0.05, 0) is 34.1 Å². The average Bonchev–Trinajstić information content (AvgIpc) is 2.65. The first-order valence-electron chi connectivity index (χ1n) is 4.21. The van der Waals surface area contributed by atoms with Crippen molar-refractivity contribution in [3.63, 3.8) is 0 Å². The lowest BCUT2D eigenvalue weighted by atomic mass is 10.1. The van der Waals surface area contributed by atoms with Gasteiger partial charge in [-0.3, -0.25) is 4.98 Å². The van der Waals surface area contributed by atoms with E-state index in [2.05, 4.69) is 20.9 Å². The highest BCUT2D eigenvalue weighted by atomic mass is 79.9. The van der Waals surface area contributed by atoms with Gasteiger partial charge in [0, 0.05) is 11.8 Å². The smallest absolute Gasteiger partial charge is 0.169 e. The Balaban J connectivity index is 2.36. The molecule has 3 nitrogen and oxygen atoms in total. The molecule has 5 heteroatoms. The monoisotopic (exact) mass is 271 g/mol. The molecule has 0 fully saturated rings. The summed E-state index contributed by atoms with van der Waals surface area (Å²) in [6.07, 6.45) is 1.36. The van der Waals surface area contributed by atoms with Crippen LogP contribution in [0.3, 0.4) is 0 Å². The van der Waals surface area contributed by atoms with Crippen LogP contribution in [0.5, 0.6) is 0 Å². The average molecular weight is 272 g/mol. The van der Waals surface area contributed by atoms with E-state index >= 15 is 0 Å². The zero-order chi connectivity index (χ0) is 10.8. The molecule has 0 aliphatic heterocycles. The molecule has 2 aromatic rings. The van der Waals surface area contributed by atoms with Gasteiger partial charge in [-0.2, -0.15) is 0 Å². The van der Waals surface area contributed by atoms with Crippen LogP contribution >= 0.6 is 15.9 Å². The van der Waals surface area contributed by atoms with Gasteiger partial charge in [-0.1, -0.05) is 0 Å². The molecule has 0 bridgehead atoms. The van der Waals surface area contributed by atoms with Gasteiger partial charge in [0.15, 0.2) is 4.67 Å². The fraction of sp³-hybridized carbons (Fsp3) is 0.100. The van der Waals surface area contributed by atoms with Crippen molar-refractivity contribution in [1.82, 2.24) is 4.98 Å². The predicted octanol–water partition coefficient (Wildman–Crippen LogP) is 2.66. The minimum Gasteiger partial charge on any atom is -0.451 e. The Morgan fingerprint density at radius 1 is 1.40 bits per heavy atom. The molecule has 2 heterocycles. The SMILES string of the molecule is OC(c1ccc(Br)o1)c1ccncc1F. The van der Waals surface area contributed by atoms with Crippen molar-refractivity contribution in [3.05, 3.63) is 52.4 Å². The Kier molecular flexibility index (Phi) is 2.83. The first-order valence-corrected chi connectivity index (χ1v) is 5.00. The van der Waals surface area contributed by atoms with E-state index < -0.39 is 11.9 Å². The Morgan fingerprint density at radius 3 is 2.80 bits per heavy atom. The predicted molar refractivity (Wildman–Crippen MR) is 54.7 cm³/mol. The molecule has 0 aliphatic carbocycles. The largest absolute Gasteiger partial charge is 0.451 e. The molecule has 2 aromatic heterocycles. The van der Waals surface area contributed by atoms with Crippen LogP contribution in [-0.4, -0.2) is 10.1 Å². The number of hydrogen-bond donors (Lipinski definition) is 1. The maximum absolute atomic E-state index is 13.3. The third-order valence-electron chi connectivity index (χ3n) is 1.96. The minimum absolute atomic E-state index is 0.145. The number of pyridine rings is 1. The third kappa shape index (κ3) is 2.08. The van der Waals surface area contributed by atoms with E-state index in [9.17, 15) is 9.50 Å². The van der Waals surface area contributed by atoms with Crippen LogP contribution in [0.25, 0.3) is 0 Å². The molecule has 0 radical (unpaired) electrons. The van der Waals surface area contributed by atoms with Gasteiger partial charge >= 0.3 is 0 Å². The topological polar surface area (TPSA) is 46.3 Å². The molecule has 1 unspecified atom stereocenters. The summed E-state index contributed by atoms with van der Waals surface area (Å²) in [5.74, 6) is -0.274. The number of aromatic nitrogens is 1. The van der Waals surface area contributed by atoms with E-state index in [0.29, 0.717) is 4.67 Å². The summed E-state index contributed by atoms with van der Waals surface area (Å²) in [5, 5.41) is 9.80. The highest BCUT2D eigenvalue weighted by Gasteiger charge is 2.17. The van der Waals surface area contributed by atoms with Crippen LogP contribution in [0.4, 0.5) is 4.39 Å². The molecular weight excluding hydrogens is 265 g/mol. The van der Waals surface area contributed by atoms with Crippen molar-refractivity contribution >= 4 is 15.9 Å². The second kappa shape index (κ2) is 4.12. The standard InChI is InChI=1S/C10H7BrFNO2/c11-9-2-1-8(15-9)10(14)6-3-4-13-5-7(6)12/h1-5,10,14H. The zero-order valence-corrected chi connectivity index (χ0v) is 9.11. The van der Waals surface area contributed by atoms with E-state index in [1.807, 2.05) is 0 Å². The van der Waals surface area contributed by atoms with Crippen LogP contribution < -0.4 is 0 Å². The lowest BCUT2D eigenvalue weighted by Crippen LogP contribution is -2.01. The van der Waals surface area contributed by atoms with Crippen LogP contribution in [0.1, 0.15) is 17.4 Å². The second-order valence-electron chi connectivity index (χ2n) is 2.94. The number of aliphatic hydroxyl groups excluding tert-OH is 1. The molecule has 0 aliphatic rings. The summed E-state index contributed by atoms with van der Waals surface area (Å²) < 4.78 is 18.9. The van der Waals surface area contributed by atoms with E-state index in [0.717, 1.165) is 6.20 Å². The van der Waals surface area contributed by atoms with E-state index in [1.165, 1.54) is 12.3 Å². The Morgan fingerprint density at radius 2 is 2.20 bits per heavy atom. The normalized spacial score (nSPS) is 12.7. The highest BCUT2D eigenvalue weighted by molar-refractivity contribution is 9.10. The summed E-state index contributed by atoms with van der Waals surface area (Å²) in [5.41, 5.74) is 0.145. The quantitative estimate of drug-likeness (QED) is 0.914. The molecule has 0 spiro atoms. The van der Waals surface area contributed by atoms with Gasteiger partial charge in [-0.15, -0.1) is 0 Å². The maximum atomic E-state index is 13.3. The summed E-state index contributed by atoms with van der Waals surface area (Å²) >= 11 is 3.11. The number of halogens is 2. The zero-order valence-electron chi connectivity index (χ0n) is 7.52. The summed E-state index contributed by atoms with van der Waals surface area (Å²) in [6, 6.07) is 4.63. The van der Waals surface area contributed by atoms with Crippen molar-refractivity contribution in [2.75, 3.05) is 0 Å². The van der Waals surface area contributed by atoms with Gasteiger partial charge in [0.05, 0.1) is 6.20 Å². The molecule has 0 aromatic carbocycles. The third-order valence-corrected chi connectivity index (χ3v) is 2.39. The first kappa shape index (κ1) is 10.3. The Bertz CT molecular complexity index is 472. The lowest BCUT2D eigenvalue weighted by Gasteiger charge is -2.08. The van der Waals surface area contributed by atoms with E-state index in [-0.39, 0.29) is 11.3 Å². The van der Waals surface area contributed by atoms with Gasteiger partial charge < -0.3 is 9.52 Å². The molecule has 1 N–H and O–H groups in total. The molecule has 2 rings (SSSR count). The summed E-state index contributed by atoms with van der Waals surface area (Å²) in [4.78, 5) is 3.60. The number of furan rings is 1. The summed E-state index contributed by atoms with van der Waals surface area (Å²) in [6.45, 7) is 0. The van der Waals surface area contributed by atoms with Crippen LogP contribution in [0, 0.1) is 5.82 Å². The van der Waals surface area contributed by atoms with E-state index in [4.69, 9.17) is 4.42 Å². The van der Waals surface area contributed by atoms with Gasteiger partial charge in [0.25, 0.3) is 0 Å². The van der Waals surface area contributed by atoms with Crippen molar-refractivity contribution in [2.24, 2.45) is 0 Å². The van der Waals surface area contributed by atoms with E-state index in [1.54, 1.807) is 12.1 Å². The molecule has 0 saturated heterocycles. The fourth-order valence-corrected chi connectivity index (χ4v) is 1.56. The molecule has 1 atom stereocenters. The first-order chi connectivity index (χ1) is 7.18. The van der Waals surface area contributed by atoms with Crippen LogP contribution in [0.2, 0.25) is 0 Å². The fourth-order valence-electron chi connectivity index (χ4n) is 1.24. The maximum Gasteiger partial charge on any atom is 0.169 e. The van der Waals surface area contributed by atoms with Crippen molar-refractivity contribution in [3.8, 4) is 0 Å². The Hall–Kier alpha value is -1.20. The van der Waals surface area contributed by atoms with Crippen molar-refractivity contribution in [1.29, 1.82) is 0 Å². The van der Waals surface area contributed by atoms with Crippen molar-refractivity contribution < 1.29 is 13.9 Å². The van der Waals surface area contributed by atoms with Gasteiger partial charge in [0.2, 0.25) is 0 Å². The molecular formula is C10H7BrFNO2. The van der Waals surface area contributed by atoms with Gasteiger partial charge in [-0.25, -0.2) is 4.39 Å². The van der Waals surface area contributed by atoms with Crippen LogP contribution in [0.15, 0.2) is 39.7 Å². The Labute approximate surface area is 93.7 Å². The minimum atomic E-state index is -1.11. The van der Waals surface area contributed by atoms with Crippen LogP contribution in [-0.2, 0) is 0 Å². The van der Waals surface area contributed by atoms with Gasteiger partial charge in [0.1, 0.15) is 17.7 Å². The number of nitrogens with zero attached hydrogens (tertiary/aromatic N) is 1. The summed E-state index contributed by atoms with van der Waals surface area (Å²) in [7, 11) is 0. The molecule has 78 valence electrons. The van der Waals surface area contributed by atoms with Crippen molar-refractivity contribution in [2.45, 2.75) is 6.10 Å². The molecule has 15 heavy (non-hydrogen) atoms. The number of rotatable bonds is 2. The molecule has 0 amide bonds. The lowest BCUT2D eigenvalue weighted by molar-refractivity contribution is 0.183. The highest BCUT2D eigenvalue weighted by Crippen LogP contribution is 2.26. The second-order valence-corrected chi connectivity index (χ2v) is 3.72. The number of aliphatic hydroxyl groups is 1. The molecule has 0 saturated carbocycles. The number of hydrogen-bond acceptors (Lipinski definition) is 3.